The topological polar surface area (TPSA) is 12.0 Å². The van der Waals surface area contributed by atoms with Crippen molar-refractivity contribution in [3.63, 3.8) is 0 Å². The molecule has 0 amide bonds. The quantitative estimate of drug-likeness (QED) is 0.771. The highest BCUT2D eigenvalue weighted by molar-refractivity contribution is 7.99. The van der Waals surface area contributed by atoms with Gasteiger partial charge < -0.3 is 5.32 Å². The number of hydrogen-bond donors (Lipinski definition) is 1. The first-order chi connectivity index (χ1) is 6.84. The van der Waals surface area contributed by atoms with Crippen molar-refractivity contribution in [2.45, 2.75) is 23.8 Å². The normalized spacial score (nSPS) is 21.4. The molecule has 0 aromatic heterocycles. The Labute approximate surface area is 88.1 Å². The van der Waals surface area contributed by atoms with Crippen molar-refractivity contribution in [2.75, 3.05) is 12.3 Å². The molecule has 76 valence electrons. The minimum atomic E-state index is -0.159. The van der Waals surface area contributed by atoms with Gasteiger partial charge in [0.1, 0.15) is 5.82 Å². The van der Waals surface area contributed by atoms with Gasteiger partial charge in [0, 0.05) is 16.7 Å². The molecule has 0 spiro atoms. The van der Waals surface area contributed by atoms with E-state index < -0.39 is 0 Å². The molecule has 1 heterocycles. The predicted octanol–water partition coefficient (Wildman–Crippen LogP) is 2.67. The molecular weight excluding hydrogens is 197 g/mol. The van der Waals surface area contributed by atoms with Crippen LogP contribution in [0.5, 0.6) is 0 Å². The molecular formula is C11H14FNS. The maximum atomic E-state index is 12.6. The van der Waals surface area contributed by atoms with Crippen molar-refractivity contribution in [2.24, 2.45) is 0 Å². The van der Waals surface area contributed by atoms with E-state index in [0.717, 1.165) is 17.2 Å². The van der Waals surface area contributed by atoms with Crippen LogP contribution in [-0.4, -0.2) is 18.3 Å². The molecule has 0 radical (unpaired) electrons. The van der Waals surface area contributed by atoms with E-state index in [1.54, 1.807) is 11.8 Å². The lowest BCUT2D eigenvalue weighted by Crippen LogP contribution is -2.23. The van der Waals surface area contributed by atoms with Gasteiger partial charge in [-0.2, -0.15) is 0 Å². The van der Waals surface area contributed by atoms with E-state index in [-0.39, 0.29) is 5.82 Å². The summed E-state index contributed by atoms with van der Waals surface area (Å²) in [6, 6.07) is 7.36. The number of benzene rings is 1. The van der Waals surface area contributed by atoms with Gasteiger partial charge in [-0.3, -0.25) is 0 Å². The van der Waals surface area contributed by atoms with Crippen LogP contribution in [0.3, 0.4) is 0 Å². The molecule has 1 fully saturated rings. The number of hydrogen-bond acceptors (Lipinski definition) is 2. The molecule has 0 bridgehead atoms. The predicted molar refractivity (Wildman–Crippen MR) is 58.1 cm³/mol. The molecule has 14 heavy (non-hydrogen) atoms. The van der Waals surface area contributed by atoms with Crippen molar-refractivity contribution >= 4 is 11.8 Å². The van der Waals surface area contributed by atoms with Crippen molar-refractivity contribution in [1.29, 1.82) is 0 Å². The molecule has 1 aliphatic heterocycles. The molecule has 1 atom stereocenters. The molecule has 0 aliphatic carbocycles. The zero-order valence-electron chi connectivity index (χ0n) is 8.00. The van der Waals surface area contributed by atoms with Crippen molar-refractivity contribution in [3.05, 3.63) is 30.1 Å². The van der Waals surface area contributed by atoms with Gasteiger partial charge in [0.15, 0.2) is 0 Å². The number of nitrogens with one attached hydrogen (secondary N) is 1. The Balaban J connectivity index is 1.82. The summed E-state index contributed by atoms with van der Waals surface area (Å²) in [5.41, 5.74) is 0. The number of thioether (sulfide) groups is 1. The van der Waals surface area contributed by atoms with Gasteiger partial charge in [-0.25, -0.2) is 4.39 Å². The fourth-order valence-electron chi connectivity index (χ4n) is 1.63. The molecule has 1 aromatic rings. The Morgan fingerprint density at radius 2 is 2.14 bits per heavy atom. The molecule has 1 N–H and O–H groups in total. The maximum Gasteiger partial charge on any atom is 0.123 e. The van der Waals surface area contributed by atoms with Crippen LogP contribution in [-0.2, 0) is 0 Å². The lowest BCUT2D eigenvalue weighted by Gasteiger charge is -2.08. The van der Waals surface area contributed by atoms with Crippen molar-refractivity contribution in [3.8, 4) is 0 Å². The third kappa shape index (κ3) is 2.72. The Kier molecular flexibility index (Phi) is 3.43. The second kappa shape index (κ2) is 4.80. The largest absolute Gasteiger partial charge is 0.313 e. The van der Waals surface area contributed by atoms with Gasteiger partial charge in [-0.05, 0) is 43.7 Å². The second-order valence-corrected chi connectivity index (χ2v) is 4.65. The Morgan fingerprint density at radius 1 is 1.36 bits per heavy atom. The molecule has 1 nitrogen and oxygen atoms in total. The second-order valence-electron chi connectivity index (χ2n) is 3.56. The average Bonchev–Trinajstić information content (AvgIpc) is 2.70. The minimum absolute atomic E-state index is 0.159. The fraction of sp³-hybridized carbons (Fsp3) is 0.455. The summed E-state index contributed by atoms with van der Waals surface area (Å²) in [4.78, 5) is 1.15. The Morgan fingerprint density at radius 3 is 2.79 bits per heavy atom. The van der Waals surface area contributed by atoms with E-state index in [1.807, 2.05) is 12.1 Å². The third-order valence-electron chi connectivity index (χ3n) is 2.43. The molecule has 3 heteroatoms. The number of rotatable bonds is 3. The van der Waals surface area contributed by atoms with E-state index in [4.69, 9.17) is 0 Å². The van der Waals surface area contributed by atoms with Crippen LogP contribution in [0.1, 0.15) is 12.8 Å². The maximum absolute atomic E-state index is 12.6. The van der Waals surface area contributed by atoms with Crippen LogP contribution in [0.4, 0.5) is 4.39 Å². The summed E-state index contributed by atoms with van der Waals surface area (Å²) < 4.78 is 12.6. The van der Waals surface area contributed by atoms with Crippen LogP contribution in [0.25, 0.3) is 0 Å². The average molecular weight is 211 g/mol. The van der Waals surface area contributed by atoms with E-state index in [1.165, 1.54) is 25.0 Å². The van der Waals surface area contributed by atoms with Crippen molar-refractivity contribution in [1.82, 2.24) is 5.32 Å². The van der Waals surface area contributed by atoms with Gasteiger partial charge in [0.25, 0.3) is 0 Å². The van der Waals surface area contributed by atoms with Crippen LogP contribution in [0, 0.1) is 5.82 Å². The Hall–Kier alpha value is -0.540. The molecule has 1 saturated heterocycles. The fourth-order valence-corrected chi connectivity index (χ4v) is 2.63. The first-order valence-corrected chi connectivity index (χ1v) is 5.95. The molecule has 2 rings (SSSR count). The SMILES string of the molecule is Fc1ccc(SCC2CCCN2)cc1. The molecule has 1 unspecified atom stereocenters. The summed E-state index contributed by atoms with van der Waals surface area (Å²) >= 11 is 1.80. The lowest BCUT2D eigenvalue weighted by molar-refractivity contribution is 0.626. The minimum Gasteiger partial charge on any atom is -0.313 e. The Bertz CT molecular complexity index is 280. The summed E-state index contributed by atoms with van der Waals surface area (Å²) in [7, 11) is 0. The van der Waals surface area contributed by atoms with E-state index in [2.05, 4.69) is 5.32 Å². The van der Waals surface area contributed by atoms with Crippen LogP contribution >= 0.6 is 11.8 Å². The lowest BCUT2D eigenvalue weighted by atomic mass is 10.3. The van der Waals surface area contributed by atoms with Gasteiger partial charge in [0.05, 0.1) is 0 Å². The van der Waals surface area contributed by atoms with Gasteiger partial charge in [-0.15, -0.1) is 11.8 Å². The molecule has 1 aromatic carbocycles. The van der Waals surface area contributed by atoms with E-state index in [0.29, 0.717) is 6.04 Å². The summed E-state index contributed by atoms with van der Waals surface area (Å²) in [5.74, 6) is 0.930. The summed E-state index contributed by atoms with van der Waals surface area (Å²) in [5, 5.41) is 3.44. The highest BCUT2D eigenvalue weighted by Gasteiger charge is 2.13. The van der Waals surface area contributed by atoms with E-state index >= 15 is 0 Å². The zero-order valence-corrected chi connectivity index (χ0v) is 8.82. The first-order valence-electron chi connectivity index (χ1n) is 4.96. The monoisotopic (exact) mass is 211 g/mol. The van der Waals surface area contributed by atoms with Gasteiger partial charge in [-0.1, -0.05) is 0 Å². The summed E-state index contributed by atoms with van der Waals surface area (Å²) in [6.07, 6.45) is 2.56. The van der Waals surface area contributed by atoms with Gasteiger partial charge in [0.2, 0.25) is 0 Å². The number of halogens is 1. The molecule has 1 aliphatic rings. The van der Waals surface area contributed by atoms with Gasteiger partial charge >= 0.3 is 0 Å². The van der Waals surface area contributed by atoms with Crippen LogP contribution in [0.2, 0.25) is 0 Å². The first kappa shape index (κ1) is 9.99. The smallest absolute Gasteiger partial charge is 0.123 e. The zero-order chi connectivity index (χ0) is 9.80. The molecule has 0 saturated carbocycles. The highest BCUT2D eigenvalue weighted by Crippen LogP contribution is 2.21. The summed E-state index contributed by atoms with van der Waals surface area (Å²) in [6.45, 7) is 1.15. The highest BCUT2D eigenvalue weighted by atomic mass is 32.2. The van der Waals surface area contributed by atoms with Crippen LogP contribution in [0.15, 0.2) is 29.2 Å². The third-order valence-corrected chi connectivity index (χ3v) is 3.60. The van der Waals surface area contributed by atoms with E-state index in [9.17, 15) is 4.39 Å². The van der Waals surface area contributed by atoms with Crippen LogP contribution < -0.4 is 5.32 Å². The van der Waals surface area contributed by atoms with Crippen molar-refractivity contribution < 1.29 is 4.39 Å². The standard InChI is InChI=1S/C11H14FNS/c12-9-3-5-11(6-4-9)14-8-10-2-1-7-13-10/h3-6,10,13H,1-2,7-8H2.